The van der Waals surface area contributed by atoms with E-state index >= 15 is 0 Å². The van der Waals surface area contributed by atoms with Crippen molar-refractivity contribution in [1.29, 1.82) is 0 Å². The maximum atomic E-state index is 14.2. The fraction of sp³-hybridized carbons (Fsp3) is 0.421. The van der Waals surface area contributed by atoms with Gasteiger partial charge in [-0.2, -0.15) is 0 Å². The van der Waals surface area contributed by atoms with E-state index in [2.05, 4.69) is 18.4 Å². The first kappa shape index (κ1) is 14.5. The Balaban J connectivity index is 1.96. The number of ether oxygens (including phenoxy) is 1. The van der Waals surface area contributed by atoms with E-state index < -0.39 is 0 Å². The third-order valence-corrected chi connectivity index (χ3v) is 5.36. The lowest BCUT2D eigenvalue weighted by molar-refractivity contribution is 0.0968. The summed E-state index contributed by atoms with van der Waals surface area (Å²) in [4.78, 5) is 12.6. The van der Waals surface area contributed by atoms with Crippen molar-refractivity contribution in [3.05, 3.63) is 41.3 Å². The molecule has 1 aromatic heterocycles. The maximum Gasteiger partial charge on any atom is 0.168 e. The summed E-state index contributed by atoms with van der Waals surface area (Å²) >= 11 is 0. The van der Waals surface area contributed by atoms with Gasteiger partial charge in [0, 0.05) is 35.2 Å². The van der Waals surface area contributed by atoms with Gasteiger partial charge in [0.15, 0.2) is 17.3 Å². The van der Waals surface area contributed by atoms with Crippen LogP contribution in [0.15, 0.2) is 24.4 Å². The van der Waals surface area contributed by atoms with Crippen LogP contribution in [0.1, 0.15) is 54.6 Å². The number of carbonyl (C=O) groups is 1. The zero-order chi connectivity index (χ0) is 16.3. The molecule has 4 heteroatoms. The van der Waals surface area contributed by atoms with Crippen LogP contribution in [0.25, 0.3) is 11.3 Å². The summed E-state index contributed by atoms with van der Waals surface area (Å²) in [5, 5.41) is 0. The third kappa shape index (κ3) is 2.04. The summed E-state index contributed by atoms with van der Waals surface area (Å²) < 4.78 is 21.5. The summed E-state index contributed by atoms with van der Waals surface area (Å²) in [5.74, 6) is 0.440. The van der Waals surface area contributed by atoms with Crippen LogP contribution in [0.3, 0.4) is 0 Å². The average Bonchev–Trinajstić information content (AvgIpc) is 3.30. The Bertz CT molecular complexity index is 804. The molecule has 2 aromatic rings. The molecule has 2 heterocycles. The van der Waals surface area contributed by atoms with Gasteiger partial charge in [-0.1, -0.05) is 6.92 Å². The van der Waals surface area contributed by atoms with Gasteiger partial charge in [0.05, 0.1) is 12.8 Å². The highest BCUT2D eigenvalue weighted by Gasteiger charge is 2.37. The minimum absolute atomic E-state index is 0.169. The lowest BCUT2D eigenvalue weighted by Gasteiger charge is -2.32. The van der Waals surface area contributed by atoms with Gasteiger partial charge in [0.1, 0.15) is 0 Å². The van der Waals surface area contributed by atoms with Gasteiger partial charge in [0.25, 0.3) is 0 Å². The van der Waals surface area contributed by atoms with Gasteiger partial charge in [-0.3, -0.25) is 4.79 Å². The largest absolute Gasteiger partial charge is 0.494 e. The molecule has 1 fully saturated rings. The van der Waals surface area contributed by atoms with Crippen molar-refractivity contribution in [2.24, 2.45) is 5.92 Å². The highest BCUT2D eigenvalue weighted by atomic mass is 19.1. The minimum atomic E-state index is -0.347. The van der Waals surface area contributed by atoms with Crippen LogP contribution in [0, 0.1) is 11.7 Å². The standard InChI is InChI=1S/C19H20FNO2/c1-10-11(2)21-7-6-13(19(22)12-4-5-12)18(21)15-9-17(23-3)16(20)8-14(10)15/h6-12H,4-5H2,1-3H3. The Kier molecular flexibility index (Phi) is 3.12. The zero-order valence-corrected chi connectivity index (χ0v) is 13.6. The molecular weight excluding hydrogens is 293 g/mol. The molecule has 3 nitrogen and oxygen atoms in total. The van der Waals surface area contributed by atoms with Crippen LogP contribution in [0.4, 0.5) is 4.39 Å². The van der Waals surface area contributed by atoms with E-state index in [0.717, 1.165) is 35.2 Å². The molecule has 120 valence electrons. The lowest BCUT2D eigenvalue weighted by Crippen LogP contribution is -2.20. The normalized spacial score (nSPS) is 22.4. The molecule has 2 aliphatic rings. The van der Waals surface area contributed by atoms with Gasteiger partial charge in [0.2, 0.25) is 0 Å². The van der Waals surface area contributed by atoms with Crippen LogP contribution < -0.4 is 4.74 Å². The van der Waals surface area contributed by atoms with Crippen LogP contribution in [-0.4, -0.2) is 17.5 Å². The fourth-order valence-corrected chi connectivity index (χ4v) is 3.64. The van der Waals surface area contributed by atoms with Crippen LogP contribution >= 0.6 is 0 Å². The number of aromatic nitrogens is 1. The topological polar surface area (TPSA) is 31.2 Å². The molecule has 2 unspecified atom stereocenters. The summed E-state index contributed by atoms with van der Waals surface area (Å²) in [6.07, 6.45) is 3.95. The summed E-state index contributed by atoms with van der Waals surface area (Å²) in [6, 6.07) is 5.41. The molecule has 1 aliphatic heterocycles. The second-order valence-electron chi connectivity index (χ2n) is 6.73. The van der Waals surface area contributed by atoms with Gasteiger partial charge < -0.3 is 9.30 Å². The number of benzene rings is 1. The fourth-order valence-electron chi connectivity index (χ4n) is 3.64. The molecule has 0 amide bonds. The minimum Gasteiger partial charge on any atom is -0.494 e. The molecular formula is C19H20FNO2. The van der Waals surface area contributed by atoms with E-state index in [1.807, 2.05) is 12.3 Å². The van der Waals surface area contributed by atoms with E-state index in [-0.39, 0.29) is 35.2 Å². The van der Waals surface area contributed by atoms with E-state index in [0.29, 0.717) is 0 Å². The van der Waals surface area contributed by atoms with Gasteiger partial charge >= 0.3 is 0 Å². The molecule has 0 radical (unpaired) electrons. The first-order valence-electron chi connectivity index (χ1n) is 8.15. The quantitative estimate of drug-likeness (QED) is 0.777. The first-order valence-corrected chi connectivity index (χ1v) is 8.15. The van der Waals surface area contributed by atoms with Crippen molar-refractivity contribution in [2.45, 2.75) is 38.6 Å². The predicted molar refractivity (Wildman–Crippen MR) is 86.6 cm³/mol. The molecule has 0 saturated heterocycles. The molecule has 1 aliphatic carbocycles. The van der Waals surface area contributed by atoms with E-state index in [1.165, 1.54) is 7.11 Å². The molecule has 1 saturated carbocycles. The van der Waals surface area contributed by atoms with Gasteiger partial charge in [-0.15, -0.1) is 0 Å². The Morgan fingerprint density at radius 2 is 2.04 bits per heavy atom. The number of methoxy groups -OCH3 is 1. The van der Waals surface area contributed by atoms with Crippen molar-refractivity contribution in [2.75, 3.05) is 7.11 Å². The van der Waals surface area contributed by atoms with Crippen molar-refractivity contribution >= 4 is 5.78 Å². The molecule has 0 N–H and O–H groups in total. The summed E-state index contributed by atoms with van der Waals surface area (Å²) in [7, 11) is 1.47. The van der Waals surface area contributed by atoms with Crippen molar-refractivity contribution < 1.29 is 13.9 Å². The van der Waals surface area contributed by atoms with E-state index in [9.17, 15) is 9.18 Å². The molecule has 0 spiro atoms. The second kappa shape index (κ2) is 4.95. The molecule has 1 aromatic carbocycles. The van der Waals surface area contributed by atoms with Crippen LogP contribution in [0.2, 0.25) is 0 Å². The number of hydrogen-bond donors (Lipinski definition) is 0. The van der Waals surface area contributed by atoms with Gasteiger partial charge in [-0.05, 0) is 43.5 Å². The van der Waals surface area contributed by atoms with E-state index in [4.69, 9.17) is 4.74 Å². The van der Waals surface area contributed by atoms with Crippen LogP contribution in [-0.2, 0) is 0 Å². The molecule has 0 bridgehead atoms. The van der Waals surface area contributed by atoms with E-state index in [1.54, 1.807) is 12.1 Å². The SMILES string of the molecule is COc1cc2c(cc1F)C(C)C(C)n1ccc(C(=O)C3CC3)c1-2. The Hall–Kier alpha value is -2.10. The number of ketones is 1. The highest BCUT2D eigenvalue weighted by Crippen LogP contribution is 2.47. The lowest BCUT2D eigenvalue weighted by atomic mass is 9.84. The molecule has 2 atom stereocenters. The Labute approximate surface area is 135 Å². The second-order valence-corrected chi connectivity index (χ2v) is 6.73. The van der Waals surface area contributed by atoms with Crippen molar-refractivity contribution in [3.8, 4) is 17.0 Å². The third-order valence-electron chi connectivity index (χ3n) is 5.36. The average molecular weight is 313 g/mol. The summed E-state index contributed by atoms with van der Waals surface area (Å²) in [6.45, 7) is 4.21. The zero-order valence-electron chi connectivity index (χ0n) is 13.6. The number of hydrogen-bond acceptors (Lipinski definition) is 2. The van der Waals surface area contributed by atoms with Gasteiger partial charge in [-0.25, -0.2) is 4.39 Å². The number of Topliss-reactive ketones (excluding diaryl/α,β-unsaturated/α-hetero) is 1. The number of carbonyl (C=O) groups excluding carboxylic acids is 1. The van der Waals surface area contributed by atoms with Crippen LogP contribution in [0.5, 0.6) is 5.75 Å². The predicted octanol–water partition coefficient (Wildman–Crippen LogP) is 4.57. The maximum absolute atomic E-state index is 14.2. The number of fused-ring (bicyclic) bond motifs is 3. The first-order chi connectivity index (χ1) is 11.0. The van der Waals surface area contributed by atoms with Crippen molar-refractivity contribution in [3.63, 3.8) is 0 Å². The Morgan fingerprint density at radius 1 is 1.30 bits per heavy atom. The number of rotatable bonds is 3. The number of nitrogens with zero attached hydrogens (tertiary/aromatic N) is 1. The smallest absolute Gasteiger partial charge is 0.168 e. The molecule has 23 heavy (non-hydrogen) atoms. The molecule has 4 rings (SSSR count). The highest BCUT2D eigenvalue weighted by molar-refractivity contribution is 6.05. The Morgan fingerprint density at radius 3 is 2.70 bits per heavy atom. The summed E-state index contributed by atoms with van der Waals surface area (Å²) in [5.41, 5.74) is 3.55. The van der Waals surface area contributed by atoms with Crippen molar-refractivity contribution in [1.82, 2.24) is 4.57 Å². The number of halogens is 1. The monoisotopic (exact) mass is 313 g/mol.